The molecule has 1 aromatic carbocycles. The van der Waals surface area contributed by atoms with Gasteiger partial charge in [0.25, 0.3) is 15.8 Å². The predicted octanol–water partition coefficient (Wildman–Crippen LogP) is 1.81. The van der Waals surface area contributed by atoms with Gasteiger partial charge in [-0.15, -0.1) is 0 Å². The van der Waals surface area contributed by atoms with E-state index < -0.39 is 27.1 Å². The zero-order chi connectivity index (χ0) is 16.9. The molecular formula is C13H15NO7S. The molecule has 1 unspecified atom stereocenters. The molecule has 0 aromatic heterocycles. The first-order valence-corrected chi connectivity index (χ1v) is 7.59. The standard InChI is InChI=1S/C13H15NO7S/c1-4-20-13(15)12(9(2)3)21-22(18,19)11-7-5-10(6-8-11)14(16)17/h5-8,12H,2,4H2,1,3H3. The predicted molar refractivity (Wildman–Crippen MR) is 76.6 cm³/mol. The zero-order valence-corrected chi connectivity index (χ0v) is 12.8. The number of ether oxygens (including phenoxy) is 1. The third-order valence-corrected chi connectivity index (χ3v) is 3.80. The van der Waals surface area contributed by atoms with Gasteiger partial charge in [-0.2, -0.15) is 8.42 Å². The molecule has 0 spiro atoms. The van der Waals surface area contributed by atoms with Crippen LogP contribution in [0.5, 0.6) is 0 Å². The minimum Gasteiger partial charge on any atom is -0.464 e. The highest BCUT2D eigenvalue weighted by atomic mass is 32.2. The number of nitro benzene ring substituents is 1. The molecule has 0 radical (unpaired) electrons. The second-order valence-corrected chi connectivity index (χ2v) is 5.85. The van der Waals surface area contributed by atoms with Gasteiger partial charge in [0.15, 0.2) is 6.10 Å². The maximum atomic E-state index is 12.1. The molecule has 0 heterocycles. The molecule has 0 aliphatic rings. The lowest BCUT2D eigenvalue weighted by Gasteiger charge is -2.16. The Morgan fingerprint density at radius 1 is 1.36 bits per heavy atom. The molecule has 0 N–H and O–H groups in total. The van der Waals surface area contributed by atoms with E-state index in [1.807, 2.05) is 0 Å². The molecule has 22 heavy (non-hydrogen) atoms. The summed E-state index contributed by atoms with van der Waals surface area (Å²) in [6.07, 6.45) is -1.47. The van der Waals surface area contributed by atoms with Crippen molar-refractivity contribution in [1.29, 1.82) is 0 Å². The monoisotopic (exact) mass is 329 g/mol. The Kier molecular flexibility index (Phi) is 5.77. The van der Waals surface area contributed by atoms with Gasteiger partial charge in [-0.05, 0) is 31.6 Å². The van der Waals surface area contributed by atoms with Gasteiger partial charge in [-0.25, -0.2) is 8.98 Å². The third kappa shape index (κ3) is 4.37. The Morgan fingerprint density at radius 3 is 2.32 bits per heavy atom. The highest BCUT2D eigenvalue weighted by Crippen LogP contribution is 2.20. The van der Waals surface area contributed by atoms with Gasteiger partial charge in [0.2, 0.25) is 0 Å². The fraction of sp³-hybridized carbons (Fsp3) is 0.308. The smallest absolute Gasteiger partial charge is 0.341 e. The van der Waals surface area contributed by atoms with Crippen molar-refractivity contribution in [2.75, 3.05) is 6.61 Å². The molecule has 0 saturated carbocycles. The Bertz CT molecular complexity index is 679. The van der Waals surface area contributed by atoms with E-state index >= 15 is 0 Å². The Balaban J connectivity index is 3.04. The molecule has 1 rings (SSSR count). The van der Waals surface area contributed by atoms with Gasteiger partial charge < -0.3 is 4.74 Å². The number of nitrogens with zero attached hydrogens (tertiary/aromatic N) is 1. The van der Waals surface area contributed by atoms with Crippen LogP contribution in [0.15, 0.2) is 41.3 Å². The summed E-state index contributed by atoms with van der Waals surface area (Å²) in [5.41, 5.74) is -0.107. The molecule has 0 aliphatic heterocycles. The highest BCUT2D eigenvalue weighted by molar-refractivity contribution is 7.86. The summed E-state index contributed by atoms with van der Waals surface area (Å²) in [6, 6.07) is 4.09. The number of carbonyl (C=O) groups excluding carboxylic acids is 1. The summed E-state index contributed by atoms with van der Waals surface area (Å²) in [6.45, 7) is 6.54. The molecular weight excluding hydrogens is 314 g/mol. The van der Waals surface area contributed by atoms with Crippen LogP contribution < -0.4 is 0 Å². The molecule has 0 aliphatic carbocycles. The fourth-order valence-electron chi connectivity index (χ4n) is 1.46. The van der Waals surface area contributed by atoms with Crippen molar-refractivity contribution in [3.8, 4) is 0 Å². The minimum absolute atomic E-state index is 0.0591. The maximum Gasteiger partial charge on any atom is 0.341 e. The fourth-order valence-corrected chi connectivity index (χ4v) is 2.53. The first-order valence-electron chi connectivity index (χ1n) is 6.18. The van der Waals surface area contributed by atoms with Crippen molar-refractivity contribution in [2.45, 2.75) is 24.8 Å². The van der Waals surface area contributed by atoms with E-state index in [1.165, 1.54) is 6.92 Å². The van der Waals surface area contributed by atoms with E-state index in [0.717, 1.165) is 24.3 Å². The van der Waals surface area contributed by atoms with Crippen molar-refractivity contribution >= 4 is 21.8 Å². The van der Waals surface area contributed by atoms with E-state index in [-0.39, 0.29) is 22.8 Å². The molecule has 8 nitrogen and oxygen atoms in total. The number of hydrogen-bond acceptors (Lipinski definition) is 7. The number of hydrogen-bond donors (Lipinski definition) is 0. The van der Waals surface area contributed by atoms with Crippen LogP contribution in [0.4, 0.5) is 5.69 Å². The van der Waals surface area contributed by atoms with E-state index in [1.54, 1.807) is 6.92 Å². The summed E-state index contributed by atoms with van der Waals surface area (Å²) >= 11 is 0. The topological polar surface area (TPSA) is 113 Å². The normalized spacial score (nSPS) is 12.5. The van der Waals surface area contributed by atoms with Crippen LogP contribution >= 0.6 is 0 Å². The quantitative estimate of drug-likeness (QED) is 0.246. The lowest BCUT2D eigenvalue weighted by atomic mass is 10.2. The highest BCUT2D eigenvalue weighted by Gasteiger charge is 2.29. The molecule has 0 fully saturated rings. The van der Waals surface area contributed by atoms with Gasteiger partial charge >= 0.3 is 5.97 Å². The molecule has 9 heteroatoms. The van der Waals surface area contributed by atoms with Crippen LogP contribution in [-0.2, 0) is 23.8 Å². The van der Waals surface area contributed by atoms with Gasteiger partial charge in [-0.3, -0.25) is 10.1 Å². The van der Waals surface area contributed by atoms with Gasteiger partial charge in [-0.1, -0.05) is 6.58 Å². The lowest BCUT2D eigenvalue weighted by Crippen LogP contribution is -2.30. The van der Waals surface area contributed by atoms with Crippen molar-refractivity contribution in [2.24, 2.45) is 0 Å². The molecule has 0 saturated heterocycles. The Morgan fingerprint density at radius 2 is 1.91 bits per heavy atom. The van der Waals surface area contributed by atoms with Crippen LogP contribution in [0.25, 0.3) is 0 Å². The van der Waals surface area contributed by atoms with Crippen LogP contribution in [0.2, 0.25) is 0 Å². The van der Waals surface area contributed by atoms with Crippen LogP contribution in [0.3, 0.4) is 0 Å². The number of nitro groups is 1. The second-order valence-electron chi connectivity index (χ2n) is 4.28. The summed E-state index contributed by atoms with van der Waals surface area (Å²) in [5, 5.41) is 10.5. The first kappa shape index (κ1) is 17.8. The average Bonchev–Trinajstić information content (AvgIpc) is 2.44. The molecule has 0 amide bonds. The first-order chi connectivity index (χ1) is 10.2. The number of carbonyl (C=O) groups is 1. The van der Waals surface area contributed by atoms with Crippen molar-refractivity contribution < 1.29 is 27.1 Å². The SMILES string of the molecule is C=C(C)C(OS(=O)(=O)c1ccc([N+](=O)[O-])cc1)C(=O)OCC. The van der Waals surface area contributed by atoms with E-state index in [4.69, 9.17) is 8.92 Å². The van der Waals surface area contributed by atoms with Gasteiger partial charge in [0.05, 0.1) is 16.4 Å². The second kappa shape index (κ2) is 7.14. The van der Waals surface area contributed by atoms with Gasteiger partial charge in [0.1, 0.15) is 0 Å². The van der Waals surface area contributed by atoms with Crippen LogP contribution in [0, 0.1) is 10.1 Å². The number of benzene rings is 1. The minimum atomic E-state index is -4.29. The van der Waals surface area contributed by atoms with Crippen molar-refractivity contribution in [3.05, 3.63) is 46.5 Å². The number of rotatable bonds is 7. The maximum absolute atomic E-state index is 12.1. The van der Waals surface area contributed by atoms with Crippen LogP contribution in [0.1, 0.15) is 13.8 Å². The lowest BCUT2D eigenvalue weighted by molar-refractivity contribution is -0.384. The Hall–Kier alpha value is -2.26. The van der Waals surface area contributed by atoms with E-state index in [0.29, 0.717) is 0 Å². The molecule has 0 bridgehead atoms. The van der Waals surface area contributed by atoms with Crippen molar-refractivity contribution in [1.82, 2.24) is 0 Å². The summed E-state index contributed by atoms with van der Waals surface area (Å²) < 4.78 is 33.7. The van der Waals surface area contributed by atoms with Crippen LogP contribution in [-0.4, -0.2) is 32.0 Å². The average molecular weight is 329 g/mol. The number of esters is 1. The largest absolute Gasteiger partial charge is 0.464 e. The molecule has 1 atom stereocenters. The van der Waals surface area contributed by atoms with Gasteiger partial charge in [0, 0.05) is 12.1 Å². The molecule has 1 aromatic rings. The number of non-ortho nitro benzene ring substituents is 1. The van der Waals surface area contributed by atoms with Crippen molar-refractivity contribution in [3.63, 3.8) is 0 Å². The Labute approximate surface area is 127 Å². The van der Waals surface area contributed by atoms with E-state index in [2.05, 4.69) is 6.58 Å². The summed E-state index contributed by atoms with van der Waals surface area (Å²) in [5.74, 6) is -0.875. The summed E-state index contributed by atoms with van der Waals surface area (Å²) in [4.78, 5) is 21.2. The summed E-state index contributed by atoms with van der Waals surface area (Å²) in [7, 11) is -4.29. The molecule has 120 valence electrons. The van der Waals surface area contributed by atoms with E-state index in [9.17, 15) is 23.3 Å². The third-order valence-electron chi connectivity index (χ3n) is 2.51. The zero-order valence-electron chi connectivity index (χ0n) is 12.0.